The van der Waals surface area contributed by atoms with Crippen molar-refractivity contribution in [2.45, 2.75) is 58.6 Å². The second-order valence-corrected chi connectivity index (χ2v) is 6.38. The Kier molecular flexibility index (Phi) is 5.83. The smallest absolute Gasteiger partial charge is 0.387 e. The first-order valence-electron chi connectivity index (χ1n) is 7.85. The number of alkyl halides is 2. The largest absolute Gasteiger partial charge is 0.433 e. The molecule has 1 saturated carbocycles. The van der Waals surface area contributed by atoms with Gasteiger partial charge in [0, 0.05) is 6.04 Å². The lowest BCUT2D eigenvalue weighted by molar-refractivity contribution is -0.0494. The van der Waals surface area contributed by atoms with Crippen LogP contribution in [0.3, 0.4) is 0 Å². The third kappa shape index (κ3) is 5.18. The maximum Gasteiger partial charge on any atom is 0.387 e. The molecule has 4 heteroatoms. The van der Waals surface area contributed by atoms with Crippen LogP contribution in [0.15, 0.2) is 24.3 Å². The summed E-state index contributed by atoms with van der Waals surface area (Å²) in [6.07, 6.45) is 5.94. The predicted octanol–water partition coefficient (Wildman–Crippen LogP) is 5.30. The molecule has 2 rings (SSSR count). The molecule has 1 aromatic rings. The molecule has 21 heavy (non-hydrogen) atoms. The molecule has 1 aromatic carbocycles. The van der Waals surface area contributed by atoms with Gasteiger partial charge in [0.2, 0.25) is 0 Å². The fourth-order valence-electron chi connectivity index (χ4n) is 3.31. The number of ether oxygens (including phenoxy) is 1. The Balaban J connectivity index is 1.97. The van der Waals surface area contributed by atoms with Crippen LogP contribution < -0.4 is 10.1 Å². The molecule has 0 aromatic heterocycles. The normalized spacial score (nSPS) is 22.6. The fraction of sp³-hybridized carbons (Fsp3) is 0.647. The van der Waals surface area contributed by atoms with Crippen molar-refractivity contribution >= 4 is 5.69 Å². The molecule has 1 N–H and O–H groups in total. The van der Waals surface area contributed by atoms with Gasteiger partial charge in [-0.3, -0.25) is 0 Å². The van der Waals surface area contributed by atoms with E-state index < -0.39 is 6.61 Å². The Morgan fingerprint density at radius 1 is 1.24 bits per heavy atom. The maximum atomic E-state index is 12.4. The summed E-state index contributed by atoms with van der Waals surface area (Å²) >= 11 is 0. The molecular weight excluding hydrogens is 272 g/mol. The fourth-order valence-corrected chi connectivity index (χ4v) is 3.31. The van der Waals surface area contributed by atoms with E-state index in [4.69, 9.17) is 0 Å². The average molecular weight is 297 g/mol. The predicted molar refractivity (Wildman–Crippen MR) is 81.9 cm³/mol. The summed E-state index contributed by atoms with van der Waals surface area (Å²) in [5.74, 6) is 1.68. The van der Waals surface area contributed by atoms with Crippen LogP contribution in [-0.2, 0) is 0 Å². The number of hydrogen-bond donors (Lipinski definition) is 1. The van der Waals surface area contributed by atoms with Crippen molar-refractivity contribution in [3.05, 3.63) is 24.3 Å². The topological polar surface area (TPSA) is 21.3 Å². The van der Waals surface area contributed by atoms with E-state index in [2.05, 4.69) is 23.9 Å². The van der Waals surface area contributed by atoms with Gasteiger partial charge >= 0.3 is 6.61 Å². The van der Waals surface area contributed by atoms with Crippen molar-refractivity contribution in [1.82, 2.24) is 0 Å². The summed E-state index contributed by atoms with van der Waals surface area (Å²) in [5.41, 5.74) is 0.674. The van der Waals surface area contributed by atoms with E-state index in [1.165, 1.54) is 19.3 Å². The number of rotatable bonds is 6. The van der Waals surface area contributed by atoms with E-state index in [9.17, 15) is 8.78 Å². The molecule has 0 amide bonds. The Labute approximate surface area is 125 Å². The van der Waals surface area contributed by atoms with Crippen LogP contribution in [0, 0.1) is 11.8 Å². The van der Waals surface area contributed by atoms with Crippen LogP contribution >= 0.6 is 0 Å². The summed E-state index contributed by atoms with van der Waals surface area (Å²) in [6, 6.07) is 7.30. The molecule has 1 aliphatic rings. The number of nitrogens with one attached hydrogen (secondary N) is 1. The van der Waals surface area contributed by atoms with Gasteiger partial charge in [0.1, 0.15) is 5.75 Å². The molecule has 2 atom stereocenters. The number of hydrogen-bond acceptors (Lipinski definition) is 2. The first kappa shape index (κ1) is 16.1. The molecule has 1 aliphatic carbocycles. The van der Waals surface area contributed by atoms with Gasteiger partial charge in [0.25, 0.3) is 0 Å². The molecule has 0 aliphatic heterocycles. The highest BCUT2D eigenvalue weighted by Crippen LogP contribution is 2.33. The van der Waals surface area contributed by atoms with Gasteiger partial charge in [-0.25, -0.2) is 0 Å². The molecule has 118 valence electrons. The maximum absolute atomic E-state index is 12.4. The zero-order valence-electron chi connectivity index (χ0n) is 12.8. The molecule has 0 radical (unpaired) electrons. The number of para-hydroxylation sites is 2. The molecule has 0 spiro atoms. The van der Waals surface area contributed by atoms with Crippen LogP contribution in [0.1, 0.15) is 46.0 Å². The molecule has 0 heterocycles. The summed E-state index contributed by atoms with van der Waals surface area (Å²) in [6.45, 7) is 1.72. The van der Waals surface area contributed by atoms with Gasteiger partial charge in [0.05, 0.1) is 5.69 Å². The van der Waals surface area contributed by atoms with Gasteiger partial charge in [-0.1, -0.05) is 38.8 Å². The van der Waals surface area contributed by atoms with Gasteiger partial charge in [-0.15, -0.1) is 0 Å². The molecule has 0 saturated heterocycles. The Bertz CT molecular complexity index is 437. The van der Waals surface area contributed by atoms with E-state index in [0.29, 0.717) is 17.6 Å². The Hall–Kier alpha value is -1.32. The summed E-state index contributed by atoms with van der Waals surface area (Å²) in [7, 11) is 0. The second-order valence-electron chi connectivity index (χ2n) is 6.38. The zero-order chi connectivity index (χ0) is 15.2. The third-order valence-electron chi connectivity index (χ3n) is 4.05. The van der Waals surface area contributed by atoms with E-state index in [0.717, 1.165) is 18.8 Å². The van der Waals surface area contributed by atoms with Gasteiger partial charge in [-0.2, -0.15) is 8.78 Å². The molecular formula is C17H25F2NO. The highest BCUT2D eigenvalue weighted by Gasteiger charge is 2.23. The van der Waals surface area contributed by atoms with Crippen molar-refractivity contribution in [1.29, 1.82) is 0 Å². The minimum absolute atomic E-state index is 0.235. The molecule has 2 nitrogen and oxygen atoms in total. The first-order valence-corrected chi connectivity index (χ1v) is 7.85. The molecule has 1 fully saturated rings. The lowest BCUT2D eigenvalue weighted by Crippen LogP contribution is -2.28. The number of anilines is 1. The van der Waals surface area contributed by atoms with Crippen molar-refractivity contribution in [3.63, 3.8) is 0 Å². The third-order valence-corrected chi connectivity index (χ3v) is 4.05. The summed E-state index contributed by atoms with van der Waals surface area (Å²) in [5, 5.41) is 3.40. The number of benzene rings is 1. The molecule has 0 bridgehead atoms. The van der Waals surface area contributed by atoms with Crippen molar-refractivity contribution in [2.24, 2.45) is 11.8 Å². The lowest BCUT2D eigenvalue weighted by atomic mass is 9.81. The first-order chi connectivity index (χ1) is 10.0. The lowest BCUT2D eigenvalue weighted by Gasteiger charge is -2.31. The van der Waals surface area contributed by atoms with Gasteiger partial charge in [-0.05, 0) is 43.2 Å². The van der Waals surface area contributed by atoms with E-state index >= 15 is 0 Å². The van der Waals surface area contributed by atoms with Gasteiger partial charge in [0.15, 0.2) is 0 Å². The van der Waals surface area contributed by atoms with E-state index in [-0.39, 0.29) is 5.75 Å². The van der Waals surface area contributed by atoms with Crippen LogP contribution in [0.5, 0.6) is 5.75 Å². The van der Waals surface area contributed by atoms with Gasteiger partial charge < -0.3 is 10.1 Å². The molecule has 2 unspecified atom stereocenters. The van der Waals surface area contributed by atoms with Crippen molar-refractivity contribution in [3.8, 4) is 5.75 Å². The monoisotopic (exact) mass is 297 g/mol. The zero-order valence-corrected chi connectivity index (χ0v) is 12.8. The van der Waals surface area contributed by atoms with Crippen LogP contribution in [0.4, 0.5) is 14.5 Å². The number of halogens is 2. The minimum atomic E-state index is -2.78. The Morgan fingerprint density at radius 3 is 2.71 bits per heavy atom. The van der Waals surface area contributed by atoms with Crippen LogP contribution in [0.2, 0.25) is 0 Å². The highest BCUT2D eigenvalue weighted by atomic mass is 19.3. The quantitative estimate of drug-likeness (QED) is 0.768. The Morgan fingerprint density at radius 2 is 2.00 bits per heavy atom. The standard InChI is InChI=1S/C17H25F2NO/c1-12(2)10-13-6-5-7-14(11-13)20-15-8-3-4-9-16(15)21-17(18)19/h3-4,8-9,12-14,17,20H,5-7,10-11H2,1-2H3. The van der Waals surface area contributed by atoms with Crippen LogP contribution in [-0.4, -0.2) is 12.7 Å². The SMILES string of the molecule is CC(C)CC1CCCC(Nc2ccccc2OC(F)F)C1. The van der Waals surface area contributed by atoms with E-state index in [1.807, 2.05) is 12.1 Å². The van der Waals surface area contributed by atoms with Crippen LogP contribution in [0.25, 0.3) is 0 Å². The highest BCUT2D eigenvalue weighted by molar-refractivity contribution is 5.56. The second kappa shape index (κ2) is 7.62. The summed E-state index contributed by atoms with van der Waals surface area (Å²) < 4.78 is 29.5. The van der Waals surface area contributed by atoms with Crippen molar-refractivity contribution in [2.75, 3.05) is 5.32 Å². The van der Waals surface area contributed by atoms with E-state index in [1.54, 1.807) is 12.1 Å². The average Bonchev–Trinajstić information content (AvgIpc) is 2.40. The minimum Gasteiger partial charge on any atom is -0.433 e. The van der Waals surface area contributed by atoms with Crippen molar-refractivity contribution < 1.29 is 13.5 Å². The summed E-state index contributed by atoms with van der Waals surface area (Å²) in [4.78, 5) is 0.